The zero-order valence-electron chi connectivity index (χ0n) is 12.0. The molecule has 5 nitrogen and oxygen atoms in total. The lowest BCUT2D eigenvalue weighted by molar-refractivity contribution is -0.138. The summed E-state index contributed by atoms with van der Waals surface area (Å²) >= 11 is 0. The smallest absolute Gasteiger partial charge is 0.239 e. The van der Waals surface area contributed by atoms with E-state index in [1.54, 1.807) is 19.0 Å². The number of carbonyl (C=O) groups excluding carboxylic acids is 2. The van der Waals surface area contributed by atoms with Gasteiger partial charge < -0.3 is 9.80 Å². The second-order valence-electron chi connectivity index (χ2n) is 5.27. The van der Waals surface area contributed by atoms with Crippen molar-refractivity contribution in [3.8, 4) is 0 Å². The van der Waals surface area contributed by atoms with Gasteiger partial charge in [0.15, 0.2) is 0 Å². The molecule has 0 aromatic heterocycles. The molecule has 1 heterocycles. The quantitative estimate of drug-likeness (QED) is 0.731. The number of hydrogen-bond acceptors (Lipinski definition) is 3. The van der Waals surface area contributed by atoms with Crippen molar-refractivity contribution in [2.45, 2.75) is 32.2 Å². The van der Waals surface area contributed by atoms with Gasteiger partial charge in [0, 0.05) is 27.2 Å². The number of likely N-dealkylation sites (N-methyl/N-ethyl adjacent to an activating group) is 2. The van der Waals surface area contributed by atoms with E-state index in [4.69, 9.17) is 0 Å². The van der Waals surface area contributed by atoms with E-state index < -0.39 is 0 Å². The largest absolute Gasteiger partial charge is 0.348 e. The van der Waals surface area contributed by atoms with Crippen LogP contribution in [0.3, 0.4) is 0 Å². The molecule has 0 aliphatic carbocycles. The number of amides is 2. The summed E-state index contributed by atoms with van der Waals surface area (Å²) in [6.07, 6.45) is 3.41. The first-order chi connectivity index (χ1) is 8.43. The molecule has 1 atom stereocenters. The van der Waals surface area contributed by atoms with Crippen molar-refractivity contribution < 1.29 is 9.59 Å². The third kappa shape index (κ3) is 3.98. The second-order valence-corrected chi connectivity index (χ2v) is 5.27. The molecule has 0 aromatic rings. The molecular weight excluding hydrogens is 230 g/mol. The Labute approximate surface area is 110 Å². The van der Waals surface area contributed by atoms with Crippen molar-refractivity contribution >= 4 is 11.8 Å². The highest BCUT2D eigenvalue weighted by atomic mass is 16.2. The average Bonchev–Trinajstić information content (AvgIpc) is 2.37. The lowest BCUT2D eigenvalue weighted by atomic mass is 10.1. The maximum absolute atomic E-state index is 12.3. The highest BCUT2D eigenvalue weighted by Gasteiger charge is 2.26. The third-order valence-corrected chi connectivity index (χ3v) is 3.57. The molecule has 0 unspecified atom stereocenters. The molecule has 18 heavy (non-hydrogen) atoms. The number of hydrogen-bond donors (Lipinski definition) is 0. The molecule has 5 heteroatoms. The molecule has 0 spiro atoms. The topological polar surface area (TPSA) is 43.9 Å². The van der Waals surface area contributed by atoms with Crippen LogP contribution in [-0.2, 0) is 9.59 Å². The summed E-state index contributed by atoms with van der Waals surface area (Å²) in [6.45, 7) is 3.88. The van der Waals surface area contributed by atoms with Gasteiger partial charge in [0.25, 0.3) is 0 Å². The van der Waals surface area contributed by atoms with Gasteiger partial charge in [-0.15, -0.1) is 0 Å². The van der Waals surface area contributed by atoms with E-state index in [1.165, 1.54) is 6.42 Å². The van der Waals surface area contributed by atoms with Crippen molar-refractivity contribution in [2.24, 2.45) is 0 Å². The number of rotatable bonds is 4. The van der Waals surface area contributed by atoms with Gasteiger partial charge in [-0.3, -0.25) is 14.5 Å². The van der Waals surface area contributed by atoms with Crippen LogP contribution in [0.25, 0.3) is 0 Å². The third-order valence-electron chi connectivity index (χ3n) is 3.57. The van der Waals surface area contributed by atoms with Crippen molar-refractivity contribution in [1.82, 2.24) is 14.7 Å². The average molecular weight is 255 g/mol. The normalized spacial score (nSPS) is 17.7. The van der Waals surface area contributed by atoms with Crippen molar-refractivity contribution in [3.05, 3.63) is 0 Å². The van der Waals surface area contributed by atoms with Gasteiger partial charge in [0.2, 0.25) is 11.8 Å². The predicted molar refractivity (Wildman–Crippen MR) is 71.2 cm³/mol. The van der Waals surface area contributed by atoms with E-state index in [9.17, 15) is 9.59 Å². The minimum absolute atomic E-state index is 0.0239. The summed E-state index contributed by atoms with van der Waals surface area (Å²) in [5.74, 6) is 0.166. The molecule has 0 radical (unpaired) electrons. The molecular formula is C13H25N3O2. The summed E-state index contributed by atoms with van der Waals surface area (Å²) in [4.78, 5) is 29.2. The van der Waals surface area contributed by atoms with Crippen LogP contribution in [0.1, 0.15) is 26.2 Å². The minimum atomic E-state index is -0.230. The Morgan fingerprint density at radius 1 is 1.11 bits per heavy atom. The number of nitrogens with zero attached hydrogens (tertiary/aromatic N) is 3. The maximum atomic E-state index is 12.3. The first-order valence-corrected chi connectivity index (χ1v) is 6.62. The zero-order valence-corrected chi connectivity index (χ0v) is 12.0. The van der Waals surface area contributed by atoms with Gasteiger partial charge in [-0.1, -0.05) is 0 Å². The summed E-state index contributed by atoms with van der Waals surface area (Å²) in [5.41, 5.74) is 0. The molecule has 104 valence electrons. The molecule has 2 amide bonds. The van der Waals surface area contributed by atoms with E-state index in [-0.39, 0.29) is 24.4 Å². The van der Waals surface area contributed by atoms with E-state index >= 15 is 0 Å². The molecule has 1 rings (SSSR count). The monoisotopic (exact) mass is 255 g/mol. The van der Waals surface area contributed by atoms with Crippen LogP contribution in [0.4, 0.5) is 0 Å². The lowest BCUT2D eigenvalue weighted by Crippen LogP contribution is -2.49. The fourth-order valence-electron chi connectivity index (χ4n) is 2.06. The van der Waals surface area contributed by atoms with Crippen LogP contribution in [0.2, 0.25) is 0 Å². The first kappa shape index (κ1) is 15.0. The Balaban J connectivity index is 2.48. The zero-order chi connectivity index (χ0) is 13.7. The Morgan fingerprint density at radius 3 is 2.17 bits per heavy atom. The van der Waals surface area contributed by atoms with E-state index in [0.717, 1.165) is 25.9 Å². The summed E-state index contributed by atoms with van der Waals surface area (Å²) < 4.78 is 0. The van der Waals surface area contributed by atoms with Gasteiger partial charge in [0.05, 0.1) is 12.6 Å². The van der Waals surface area contributed by atoms with Crippen LogP contribution in [0.5, 0.6) is 0 Å². The summed E-state index contributed by atoms with van der Waals surface area (Å²) in [6, 6.07) is -0.230. The molecule has 1 aliphatic rings. The van der Waals surface area contributed by atoms with E-state index in [2.05, 4.69) is 0 Å². The Morgan fingerprint density at radius 2 is 1.67 bits per heavy atom. The fraction of sp³-hybridized carbons (Fsp3) is 0.846. The Hall–Kier alpha value is -1.10. The number of piperidine rings is 1. The van der Waals surface area contributed by atoms with Crippen molar-refractivity contribution in [2.75, 3.05) is 40.8 Å². The molecule has 0 aromatic carbocycles. The maximum Gasteiger partial charge on any atom is 0.239 e. The molecule has 0 bridgehead atoms. The molecule has 1 fully saturated rings. The van der Waals surface area contributed by atoms with Gasteiger partial charge in [-0.2, -0.15) is 0 Å². The first-order valence-electron chi connectivity index (χ1n) is 6.62. The highest BCUT2D eigenvalue weighted by molar-refractivity contribution is 5.83. The van der Waals surface area contributed by atoms with Crippen molar-refractivity contribution in [1.29, 1.82) is 0 Å². The van der Waals surface area contributed by atoms with Gasteiger partial charge >= 0.3 is 0 Å². The number of carbonyl (C=O) groups is 2. The molecule has 1 aliphatic heterocycles. The lowest BCUT2D eigenvalue weighted by Gasteiger charge is -2.32. The molecule has 0 saturated carbocycles. The Bertz CT molecular complexity index is 299. The van der Waals surface area contributed by atoms with Crippen LogP contribution in [0, 0.1) is 0 Å². The standard InChI is InChI=1S/C13H25N3O2/c1-11(15(4)10-12(17)14(2)3)13(18)16-8-6-5-7-9-16/h11H,5-10H2,1-4H3/t11-/m0/s1. The summed E-state index contributed by atoms with van der Waals surface area (Å²) in [7, 11) is 5.29. The SMILES string of the molecule is C[C@@H](C(=O)N1CCCCC1)N(C)CC(=O)N(C)C. The molecule has 0 N–H and O–H groups in total. The summed E-state index contributed by atoms with van der Waals surface area (Å²) in [5, 5.41) is 0. The minimum Gasteiger partial charge on any atom is -0.348 e. The van der Waals surface area contributed by atoms with E-state index in [0.29, 0.717) is 0 Å². The van der Waals surface area contributed by atoms with E-state index in [1.807, 2.05) is 23.8 Å². The van der Waals surface area contributed by atoms with Crippen LogP contribution < -0.4 is 0 Å². The number of likely N-dealkylation sites (tertiary alicyclic amines) is 1. The second kappa shape index (κ2) is 6.73. The van der Waals surface area contributed by atoms with Crippen LogP contribution >= 0.6 is 0 Å². The Kier molecular flexibility index (Phi) is 5.59. The van der Waals surface area contributed by atoms with Crippen LogP contribution in [0.15, 0.2) is 0 Å². The van der Waals surface area contributed by atoms with Crippen molar-refractivity contribution in [3.63, 3.8) is 0 Å². The fourth-order valence-corrected chi connectivity index (χ4v) is 2.06. The predicted octanol–water partition coefficient (Wildman–Crippen LogP) is 0.407. The highest BCUT2D eigenvalue weighted by Crippen LogP contribution is 2.11. The van der Waals surface area contributed by atoms with Gasteiger partial charge in [-0.05, 0) is 33.2 Å². The van der Waals surface area contributed by atoms with Gasteiger partial charge in [-0.25, -0.2) is 0 Å². The van der Waals surface area contributed by atoms with Crippen LogP contribution in [-0.4, -0.2) is 73.3 Å². The molecule has 1 saturated heterocycles. The van der Waals surface area contributed by atoms with Gasteiger partial charge in [0.1, 0.15) is 0 Å².